The molecule has 7 nitrogen and oxygen atoms in total. The van der Waals surface area contributed by atoms with Gasteiger partial charge in [-0.3, -0.25) is 9.78 Å². The molecule has 3 atom stereocenters. The first-order chi connectivity index (χ1) is 18.6. The number of rotatable bonds is 8. The maximum absolute atomic E-state index is 13.8. The lowest BCUT2D eigenvalue weighted by Crippen LogP contribution is -2.46. The first-order valence-electron chi connectivity index (χ1n) is 13.5. The normalized spacial score (nSPS) is 21.8. The van der Waals surface area contributed by atoms with Crippen molar-refractivity contribution in [3.05, 3.63) is 84.2 Å². The lowest BCUT2D eigenvalue weighted by atomic mass is 9.87. The van der Waals surface area contributed by atoms with Crippen molar-refractivity contribution in [3.8, 4) is 16.9 Å². The minimum absolute atomic E-state index is 0.0218. The average Bonchev–Trinajstić information content (AvgIpc) is 3.37. The number of likely N-dealkylation sites (tertiary alicyclic amines) is 1. The van der Waals surface area contributed by atoms with Crippen molar-refractivity contribution in [1.82, 2.24) is 15.2 Å². The third-order valence-corrected chi connectivity index (χ3v) is 7.96. The molecule has 1 aromatic heterocycles. The topological polar surface area (TPSA) is 91.8 Å². The third kappa shape index (κ3) is 5.43. The van der Waals surface area contributed by atoms with Crippen LogP contribution in [0.4, 0.5) is 0 Å². The van der Waals surface area contributed by atoms with Crippen LogP contribution in [0.1, 0.15) is 55.7 Å². The Morgan fingerprint density at radius 2 is 1.82 bits per heavy atom. The van der Waals surface area contributed by atoms with Gasteiger partial charge in [0.15, 0.2) is 0 Å². The van der Waals surface area contributed by atoms with Gasteiger partial charge in [-0.2, -0.15) is 0 Å². The molecule has 2 fully saturated rings. The second kappa shape index (κ2) is 11.8. The number of carbonyl (C=O) groups excluding carboxylic acids is 1. The predicted molar refractivity (Wildman–Crippen MR) is 145 cm³/mol. The number of methoxy groups -OCH3 is 1. The summed E-state index contributed by atoms with van der Waals surface area (Å²) in [6.07, 6.45) is 8.77. The second-order valence-corrected chi connectivity index (χ2v) is 10.3. The SMILES string of the molecule is COc1ccc(-c2cccnc2)cc1CNC1CC(C(=O)O)N(C(=O)C2CCCCC2)C1c1ccccc1. The van der Waals surface area contributed by atoms with E-state index in [1.54, 1.807) is 18.2 Å². The lowest BCUT2D eigenvalue weighted by Gasteiger charge is -2.35. The van der Waals surface area contributed by atoms with Gasteiger partial charge in [-0.15, -0.1) is 0 Å². The number of aromatic nitrogens is 1. The molecule has 2 aliphatic rings. The molecule has 3 aromatic rings. The van der Waals surface area contributed by atoms with E-state index >= 15 is 0 Å². The summed E-state index contributed by atoms with van der Waals surface area (Å²) < 4.78 is 5.65. The van der Waals surface area contributed by atoms with Crippen LogP contribution >= 0.6 is 0 Å². The monoisotopic (exact) mass is 513 g/mol. The molecule has 1 aliphatic carbocycles. The van der Waals surface area contributed by atoms with Crippen molar-refractivity contribution in [2.24, 2.45) is 5.92 Å². The summed E-state index contributed by atoms with van der Waals surface area (Å²) >= 11 is 0. The number of carboxylic acid groups (broad SMARTS) is 1. The highest BCUT2D eigenvalue weighted by Gasteiger charge is 2.49. The highest BCUT2D eigenvalue weighted by atomic mass is 16.5. The van der Waals surface area contributed by atoms with Crippen molar-refractivity contribution >= 4 is 11.9 Å². The van der Waals surface area contributed by atoms with Crippen LogP contribution < -0.4 is 10.1 Å². The van der Waals surface area contributed by atoms with Crippen LogP contribution in [0.25, 0.3) is 11.1 Å². The number of nitrogens with zero attached hydrogens (tertiary/aromatic N) is 2. The maximum Gasteiger partial charge on any atom is 0.326 e. The molecule has 2 aromatic carbocycles. The van der Waals surface area contributed by atoms with Gasteiger partial charge in [-0.25, -0.2) is 4.79 Å². The van der Waals surface area contributed by atoms with E-state index < -0.39 is 12.0 Å². The second-order valence-electron chi connectivity index (χ2n) is 10.3. The van der Waals surface area contributed by atoms with Crippen LogP contribution in [0.15, 0.2) is 73.1 Å². The van der Waals surface area contributed by atoms with Gasteiger partial charge in [0.05, 0.1) is 13.2 Å². The van der Waals surface area contributed by atoms with Crippen LogP contribution in [0, 0.1) is 5.92 Å². The lowest BCUT2D eigenvalue weighted by molar-refractivity contribution is -0.152. The molecule has 3 unspecified atom stereocenters. The van der Waals surface area contributed by atoms with Crippen molar-refractivity contribution in [1.29, 1.82) is 0 Å². The summed E-state index contributed by atoms with van der Waals surface area (Å²) in [5.74, 6) is -0.321. The van der Waals surface area contributed by atoms with Crippen LogP contribution in [-0.4, -0.2) is 46.1 Å². The van der Waals surface area contributed by atoms with Crippen LogP contribution in [0.2, 0.25) is 0 Å². The number of carboxylic acids is 1. The molecule has 198 valence electrons. The largest absolute Gasteiger partial charge is 0.496 e. The van der Waals surface area contributed by atoms with Gasteiger partial charge in [-0.05, 0) is 48.6 Å². The Bertz CT molecular complexity index is 1240. The number of benzene rings is 2. The van der Waals surface area contributed by atoms with Gasteiger partial charge < -0.3 is 20.1 Å². The molecule has 5 rings (SSSR count). The smallest absolute Gasteiger partial charge is 0.326 e. The standard InChI is InChI=1S/C31H35N3O4/c1-38-28-15-14-23(24-13-8-16-32-19-24)17-25(28)20-33-26-18-27(31(36)37)34(29(26)21-9-4-2-5-10-21)30(35)22-11-6-3-7-12-22/h2,4-5,8-10,13-17,19,22,26-27,29,33H,3,6-7,11-12,18,20H2,1H3,(H,36,37). The van der Waals surface area contributed by atoms with E-state index in [0.29, 0.717) is 13.0 Å². The summed E-state index contributed by atoms with van der Waals surface area (Å²) in [6.45, 7) is 0.475. The summed E-state index contributed by atoms with van der Waals surface area (Å²) in [5, 5.41) is 13.8. The molecule has 7 heteroatoms. The van der Waals surface area contributed by atoms with Crippen molar-refractivity contribution in [2.45, 2.75) is 63.2 Å². The zero-order valence-corrected chi connectivity index (χ0v) is 21.8. The molecule has 0 bridgehead atoms. The van der Waals surface area contributed by atoms with E-state index in [9.17, 15) is 14.7 Å². The quantitative estimate of drug-likeness (QED) is 0.429. The third-order valence-electron chi connectivity index (χ3n) is 7.96. The van der Waals surface area contributed by atoms with E-state index in [2.05, 4.69) is 16.4 Å². The number of amides is 1. The number of hydrogen-bond acceptors (Lipinski definition) is 5. The zero-order valence-electron chi connectivity index (χ0n) is 21.8. The van der Waals surface area contributed by atoms with Crippen molar-refractivity contribution < 1.29 is 19.4 Å². The van der Waals surface area contributed by atoms with E-state index in [1.807, 2.05) is 60.8 Å². The first kappa shape index (κ1) is 25.9. The Kier molecular flexibility index (Phi) is 8.03. The molecule has 2 heterocycles. The van der Waals surface area contributed by atoms with Crippen LogP contribution in [0.5, 0.6) is 5.75 Å². The zero-order chi connectivity index (χ0) is 26.5. The van der Waals surface area contributed by atoms with Crippen LogP contribution in [-0.2, 0) is 16.1 Å². The Morgan fingerprint density at radius 1 is 1.03 bits per heavy atom. The molecule has 1 saturated carbocycles. The van der Waals surface area contributed by atoms with Gasteiger partial charge in [0, 0.05) is 42.0 Å². The minimum Gasteiger partial charge on any atom is -0.496 e. The van der Waals surface area contributed by atoms with Crippen molar-refractivity contribution in [2.75, 3.05) is 7.11 Å². The number of aliphatic carboxylic acids is 1. The molecule has 0 radical (unpaired) electrons. The fourth-order valence-electron chi connectivity index (χ4n) is 6.05. The fraction of sp³-hybridized carbons (Fsp3) is 0.387. The molecule has 1 aliphatic heterocycles. The molecular weight excluding hydrogens is 478 g/mol. The number of ether oxygens (including phenoxy) is 1. The van der Waals surface area contributed by atoms with E-state index in [1.165, 1.54) is 0 Å². The van der Waals surface area contributed by atoms with Crippen molar-refractivity contribution in [3.63, 3.8) is 0 Å². The molecule has 38 heavy (non-hydrogen) atoms. The number of pyridine rings is 1. The molecule has 1 saturated heterocycles. The summed E-state index contributed by atoms with van der Waals surface area (Å²) in [6, 6.07) is 18.3. The highest BCUT2D eigenvalue weighted by molar-refractivity contribution is 5.86. The Hall–Kier alpha value is -3.71. The van der Waals surface area contributed by atoms with Gasteiger partial charge in [0.25, 0.3) is 0 Å². The Morgan fingerprint density at radius 3 is 2.50 bits per heavy atom. The number of carbonyl (C=O) groups is 2. The number of nitrogens with one attached hydrogen (secondary N) is 1. The molecule has 1 amide bonds. The predicted octanol–water partition coefficient (Wildman–Crippen LogP) is 5.22. The summed E-state index contributed by atoms with van der Waals surface area (Å²) in [5.41, 5.74) is 3.95. The van der Waals surface area contributed by atoms with Gasteiger partial charge in [-0.1, -0.05) is 61.7 Å². The number of hydrogen-bond donors (Lipinski definition) is 2. The average molecular weight is 514 g/mol. The van der Waals surface area contributed by atoms with E-state index in [-0.39, 0.29) is 23.9 Å². The minimum atomic E-state index is -0.949. The van der Waals surface area contributed by atoms with Crippen LogP contribution in [0.3, 0.4) is 0 Å². The van der Waals surface area contributed by atoms with Gasteiger partial charge >= 0.3 is 5.97 Å². The van der Waals surface area contributed by atoms with Gasteiger partial charge in [0.1, 0.15) is 11.8 Å². The molecular formula is C31H35N3O4. The Labute approximate surface area is 223 Å². The Balaban J connectivity index is 1.45. The first-order valence-corrected chi connectivity index (χ1v) is 13.5. The van der Waals surface area contributed by atoms with E-state index in [0.717, 1.165) is 60.1 Å². The van der Waals surface area contributed by atoms with Gasteiger partial charge in [0.2, 0.25) is 5.91 Å². The fourth-order valence-corrected chi connectivity index (χ4v) is 6.05. The summed E-state index contributed by atoms with van der Waals surface area (Å²) in [4.78, 5) is 32.2. The highest BCUT2D eigenvalue weighted by Crippen LogP contribution is 2.40. The maximum atomic E-state index is 13.8. The molecule has 0 spiro atoms. The molecule has 2 N–H and O–H groups in total. The van der Waals surface area contributed by atoms with E-state index in [4.69, 9.17) is 4.74 Å². The summed E-state index contributed by atoms with van der Waals surface area (Å²) in [7, 11) is 1.65.